The molecule has 0 saturated heterocycles. The maximum absolute atomic E-state index is 13.6. The summed E-state index contributed by atoms with van der Waals surface area (Å²) >= 11 is 5.88. The Bertz CT molecular complexity index is 696. The number of benzene rings is 2. The number of nitrogens with one attached hydrogen (secondary N) is 1. The van der Waals surface area contributed by atoms with E-state index in [1.807, 2.05) is 0 Å². The smallest absolute Gasteiger partial charge is 0.244 e. The molecule has 4 nitrogen and oxygen atoms in total. The van der Waals surface area contributed by atoms with Gasteiger partial charge in [-0.1, -0.05) is 17.7 Å². The molecule has 2 aromatic carbocycles. The van der Waals surface area contributed by atoms with Gasteiger partial charge in [0.25, 0.3) is 0 Å². The number of rotatable bonds is 7. The molecule has 0 radical (unpaired) electrons. The Kier molecular flexibility index (Phi) is 6.63. The first-order valence-corrected chi connectivity index (χ1v) is 7.64. The zero-order valence-corrected chi connectivity index (χ0v) is 13.8. The fourth-order valence-electron chi connectivity index (χ4n) is 1.90. The van der Waals surface area contributed by atoms with Crippen molar-refractivity contribution < 1.29 is 18.7 Å². The molecule has 0 fully saturated rings. The average molecular weight is 350 g/mol. The number of hydrogen-bond donors (Lipinski definition) is 1. The number of amides is 1. The van der Waals surface area contributed by atoms with Gasteiger partial charge in [0.05, 0.1) is 18.7 Å². The predicted molar refractivity (Wildman–Crippen MR) is 91.9 cm³/mol. The minimum Gasteiger partial charge on any atom is -0.497 e. The molecule has 0 spiro atoms. The normalized spacial score (nSPS) is 10.6. The van der Waals surface area contributed by atoms with E-state index in [0.717, 1.165) is 5.75 Å². The van der Waals surface area contributed by atoms with Crippen LogP contribution in [0.4, 0.5) is 4.39 Å². The van der Waals surface area contributed by atoms with Gasteiger partial charge in [0.1, 0.15) is 23.9 Å². The van der Waals surface area contributed by atoms with Crippen molar-refractivity contribution in [3.63, 3.8) is 0 Å². The van der Waals surface area contributed by atoms with Crippen molar-refractivity contribution in [3.8, 4) is 11.5 Å². The molecule has 2 rings (SSSR count). The molecule has 0 bridgehead atoms. The number of carbonyl (C=O) groups is 1. The summed E-state index contributed by atoms with van der Waals surface area (Å²) in [5.41, 5.74) is 0.184. The van der Waals surface area contributed by atoms with Gasteiger partial charge in [0.2, 0.25) is 5.91 Å². The van der Waals surface area contributed by atoms with Crippen molar-refractivity contribution >= 4 is 23.6 Å². The summed E-state index contributed by atoms with van der Waals surface area (Å²) in [6.07, 6.45) is 2.58. The van der Waals surface area contributed by atoms with Crippen LogP contribution < -0.4 is 14.8 Å². The van der Waals surface area contributed by atoms with E-state index < -0.39 is 5.82 Å². The van der Waals surface area contributed by atoms with Crippen LogP contribution in [-0.2, 0) is 4.79 Å². The van der Waals surface area contributed by atoms with Crippen LogP contribution in [0.2, 0.25) is 5.02 Å². The lowest BCUT2D eigenvalue weighted by atomic mass is 10.2. The highest BCUT2D eigenvalue weighted by molar-refractivity contribution is 6.32. The summed E-state index contributed by atoms with van der Waals surface area (Å²) in [6, 6.07) is 11.5. The summed E-state index contributed by atoms with van der Waals surface area (Å²) in [7, 11) is 1.59. The third-order valence-electron chi connectivity index (χ3n) is 3.13. The van der Waals surface area contributed by atoms with Gasteiger partial charge in [-0.3, -0.25) is 4.79 Å². The first-order valence-electron chi connectivity index (χ1n) is 7.27. The largest absolute Gasteiger partial charge is 0.497 e. The minimum absolute atomic E-state index is 0.184. The number of hydrogen-bond acceptors (Lipinski definition) is 3. The van der Waals surface area contributed by atoms with Crippen LogP contribution in [0.3, 0.4) is 0 Å². The summed E-state index contributed by atoms with van der Waals surface area (Å²) < 4.78 is 24.1. The lowest BCUT2D eigenvalue weighted by molar-refractivity contribution is -0.116. The second-order valence-electron chi connectivity index (χ2n) is 4.78. The van der Waals surface area contributed by atoms with Gasteiger partial charge in [-0.25, -0.2) is 4.39 Å². The Morgan fingerprint density at radius 3 is 2.58 bits per heavy atom. The molecule has 0 aliphatic heterocycles. The summed E-state index contributed by atoms with van der Waals surface area (Å²) in [5.74, 6) is 0.591. The van der Waals surface area contributed by atoms with Crippen LogP contribution in [-0.4, -0.2) is 26.2 Å². The molecule has 0 atom stereocenters. The molecule has 0 saturated carbocycles. The van der Waals surface area contributed by atoms with Gasteiger partial charge < -0.3 is 14.8 Å². The topological polar surface area (TPSA) is 47.6 Å². The molecule has 24 heavy (non-hydrogen) atoms. The Labute approximate surface area is 144 Å². The molecule has 0 heterocycles. The predicted octanol–water partition coefficient (Wildman–Crippen LogP) is 3.70. The molecule has 126 valence electrons. The van der Waals surface area contributed by atoms with E-state index in [1.165, 1.54) is 24.3 Å². The molecule has 0 aliphatic carbocycles. The SMILES string of the molecule is COc1ccc(OCCNC(=O)/C=C/c2c(F)cccc2Cl)cc1. The number of halogens is 2. The third-order valence-corrected chi connectivity index (χ3v) is 3.46. The summed E-state index contributed by atoms with van der Waals surface area (Å²) in [6.45, 7) is 0.632. The van der Waals surface area contributed by atoms with Gasteiger partial charge in [0, 0.05) is 11.6 Å². The van der Waals surface area contributed by atoms with Gasteiger partial charge >= 0.3 is 0 Å². The van der Waals surface area contributed by atoms with Gasteiger partial charge in [-0.15, -0.1) is 0 Å². The standard InChI is InChI=1S/C18H17ClFNO3/c1-23-13-5-7-14(8-6-13)24-12-11-21-18(22)10-9-15-16(19)3-2-4-17(15)20/h2-10H,11-12H2,1H3,(H,21,22)/b10-9+. The Morgan fingerprint density at radius 2 is 1.92 bits per heavy atom. The zero-order valence-electron chi connectivity index (χ0n) is 13.1. The van der Waals surface area contributed by atoms with Gasteiger partial charge in [-0.2, -0.15) is 0 Å². The second kappa shape index (κ2) is 8.93. The van der Waals surface area contributed by atoms with E-state index >= 15 is 0 Å². The third kappa shape index (κ3) is 5.28. The highest BCUT2D eigenvalue weighted by Gasteiger charge is 2.04. The Balaban J connectivity index is 1.76. The average Bonchev–Trinajstić information content (AvgIpc) is 2.59. The quantitative estimate of drug-likeness (QED) is 0.612. The van der Waals surface area contributed by atoms with E-state index in [2.05, 4.69) is 5.32 Å². The summed E-state index contributed by atoms with van der Waals surface area (Å²) in [4.78, 5) is 11.7. The second-order valence-corrected chi connectivity index (χ2v) is 5.19. The van der Waals surface area contributed by atoms with Gasteiger partial charge in [-0.05, 0) is 42.5 Å². The molecule has 1 amide bonds. The molecule has 6 heteroatoms. The highest BCUT2D eigenvalue weighted by Crippen LogP contribution is 2.20. The fraction of sp³-hybridized carbons (Fsp3) is 0.167. The zero-order chi connectivity index (χ0) is 17.4. The monoisotopic (exact) mass is 349 g/mol. The maximum Gasteiger partial charge on any atom is 0.244 e. The highest BCUT2D eigenvalue weighted by atomic mass is 35.5. The van der Waals surface area contributed by atoms with Crippen LogP contribution in [0.25, 0.3) is 6.08 Å². The van der Waals surface area contributed by atoms with Crippen LogP contribution in [0.1, 0.15) is 5.56 Å². The number of ether oxygens (including phenoxy) is 2. The van der Waals surface area contributed by atoms with E-state index in [9.17, 15) is 9.18 Å². The minimum atomic E-state index is -0.477. The first kappa shape index (κ1) is 17.8. The molecule has 0 unspecified atom stereocenters. The molecule has 2 aromatic rings. The Morgan fingerprint density at radius 1 is 1.21 bits per heavy atom. The molecule has 0 aliphatic rings. The molecular weight excluding hydrogens is 333 g/mol. The van der Waals surface area contributed by atoms with Crippen LogP contribution in [0, 0.1) is 5.82 Å². The molecule has 1 N–H and O–H groups in total. The van der Waals surface area contributed by atoms with Crippen molar-refractivity contribution in [2.75, 3.05) is 20.3 Å². The van der Waals surface area contributed by atoms with E-state index in [1.54, 1.807) is 37.4 Å². The van der Waals surface area contributed by atoms with Crippen molar-refractivity contribution in [1.82, 2.24) is 5.32 Å². The molecular formula is C18H17ClFNO3. The number of carbonyl (C=O) groups excluding carboxylic acids is 1. The summed E-state index contributed by atoms with van der Waals surface area (Å²) in [5, 5.41) is 2.90. The van der Waals surface area contributed by atoms with Crippen LogP contribution >= 0.6 is 11.6 Å². The fourth-order valence-corrected chi connectivity index (χ4v) is 2.13. The van der Waals surface area contributed by atoms with E-state index in [0.29, 0.717) is 18.9 Å². The van der Waals surface area contributed by atoms with Crippen molar-refractivity contribution in [2.45, 2.75) is 0 Å². The van der Waals surface area contributed by atoms with Crippen molar-refractivity contribution in [3.05, 3.63) is 64.9 Å². The van der Waals surface area contributed by atoms with Crippen molar-refractivity contribution in [2.24, 2.45) is 0 Å². The Hall–Kier alpha value is -2.53. The lowest BCUT2D eigenvalue weighted by Gasteiger charge is -2.07. The van der Waals surface area contributed by atoms with E-state index in [4.69, 9.17) is 21.1 Å². The van der Waals surface area contributed by atoms with Crippen LogP contribution in [0.15, 0.2) is 48.5 Å². The van der Waals surface area contributed by atoms with Crippen molar-refractivity contribution in [1.29, 1.82) is 0 Å². The lowest BCUT2D eigenvalue weighted by Crippen LogP contribution is -2.26. The first-order chi connectivity index (χ1) is 11.6. The number of methoxy groups -OCH3 is 1. The van der Waals surface area contributed by atoms with E-state index in [-0.39, 0.29) is 16.5 Å². The van der Waals surface area contributed by atoms with Gasteiger partial charge in [0.15, 0.2) is 0 Å². The maximum atomic E-state index is 13.6. The molecule has 0 aromatic heterocycles. The van der Waals surface area contributed by atoms with Crippen LogP contribution in [0.5, 0.6) is 11.5 Å².